The molecule has 1 aromatic heterocycles. The van der Waals surface area contributed by atoms with Crippen molar-refractivity contribution in [2.24, 2.45) is 0 Å². The normalized spacial score (nSPS) is 12.9. The molecule has 15 heavy (non-hydrogen) atoms. The summed E-state index contributed by atoms with van der Waals surface area (Å²) in [7, 11) is 0. The van der Waals surface area contributed by atoms with Gasteiger partial charge in [-0.3, -0.25) is 0 Å². The van der Waals surface area contributed by atoms with E-state index in [-0.39, 0.29) is 5.54 Å². The van der Waals surface area contributed by atoms with Crippen LogP contribution in [0.2, 0.25) is 0 Å². The minimum Gasteiger partial charge on any atom is -0.473 e. The highest BCUT2D eigenvalue weighted by atomic mass is 19.3. The van der Waals surface area contributed by atoms with Crippen molar-refractivity contribution in [2.75, 3.05) is 0 Å². The molecular formula is C9H13F2N2O2+. The zero-order valence-corrected chi connectivity index (χ0v) is 8.74. The maximum absolute atomic E-state index is 13.0. The molecule has 0 aliphatic carbocycles. The summed E-state index contributed by atoms with van der Waals surface area (Å²) in [5.41, 5.74) is -0.361. The summed E-state index contributed by atoms with van der Waals surface area (Å²) in [6, 6.07) is -3.91. The second-order valence-corrected chi connectivity index (χ2v) is 4.25. The van der Waals surface area contributed by atoms with E-state index in [4.69, 9.17) is 5.11 Å². The summed E-state index contributed by atoms with van der Waals surface area (Å²) in [5, 5.41) is 8.33. The Balaban J connectivity index is 3.10. The second kappa shape index (κ2) is 3.29. The molecule has 6 heteroatoms. The molecule has 0 bridgehead atoms. The van der Waals surface area contributed by atoms with Crippen molar-refractivity contribution in [3.63, 3.8) is 0 Å². The topological polar surface area (TPSA) is 46.1 Å². The lowest BCUT2D eigenvalue weighted by molar-refractivity contribution is -0.805. The summed E-state index contributed by atoms with van der Waals surface area (Å²) < 4.78 is 28.0. The zero-order valence-electron chi connectivity index (χ0n) is 8.74. The number of hydrogen-bond acceptors (Lipinski definition) is 1. The number of carbonyl (C=O) groups is 1. The van der Waals surface area contributed by atoms with Crippen LogP contribution >= 0.6 is 0 Å². The number of hydrogen-bond donors (Lipinski definition) is 1. The largest absolute Gasteiger partial charge is 0.499 e. The quantitative estimate of drug-likeness (QED) is 0.759. The van der Waals surface area contributed by atoms with Gasteiger partial charge in [0.1, 0.15) is 17.9 Å². The molecule has 0 saturated heterocycles. The van der Waals surface area contributed by atoms with Gasteiger partial charge in [-0.1, -0.05) is 0 Å². The smallest absolute Gasteiger partial charge is 0.473 e. The summed E-state index contributed by atoms with van der Waals surface area (Å²) in [6.07, 6.45) is 3.53. The van der Waals surface area contributed by atoms with Gasteiger partial charge in [-0.05, 0) is 20.8 Å². The number of halogens is 2. The van der Waals surface area contributed by atoms with Gasteiger partial charge < -0.3 is 5.11 Å². The molecule has 0 saturated carbocycles. The molecule has 0 aliphatic rings. The number of aliphatic carboxylic acids is 1. The van der Waals surface area contributed by atoms with Crippen LogP contribution in [-0.4, -0.2) is 15.6 Å². The van der Waals surface area contributed by atoms with Crippen molar-refractivity contribution in [3.8, 4) is 0 Å². The molecule has 0 radical (unpaired) electrons. The Labute approximate surface area is 85.8 Å². The minimum absolute atomic E-state index is 0.361. The van der Waals surface area contributed by atoms with Crippen molar-refractivity contribution >= 4 is 5.97 Å². The van der Waals surface area contributed by atoms with E-state index in [0.29, 0.717) is 4.57 Å². The van der Waals surface area contributed by atoms with Crippen molar-refractivity contribution in [1.29, 1.82) is 0 Å². The summed E-state index contributed by atoms with van der Waals surface area (Å²) >= 11 is 0. The average molecular weight is 219 g/mol. The average Bonchev–Trinajstić information content (AvgIpc) is 2.50. The molecule has 1 rings (SSSR count). The van der Waals surface area contributed by atoms with Crippen molar-refractivity contribution in [1.82, 2.24) is 4.57 Å². The molecule has 1 N–H and O–H groups in total. The van der Waals surface area contributed by atoms with Crippen LogP contribution in [0.1, 0.15) is 20.8 Å². The van der Waals surface area contributed by atoms with Gasteiger partial charge in [0.15, 0.2) is 0 Å². The van der Waals surface area contributed by atoms with Gasteiger partial charge in [-0.15, -0.1) is 8.78 Å². The molecule has 4 nitrogen and oxygen atoms in total. The summed E-state index contributed by atoms with van der Waals surface area (Å²) in [6.45, 7) is 5.49. The van der Waals surface area contributed by atoms with Crippen LogP contribution in [0.3, 0.4) is 0 Å². The lowest BCUT2D eigenvalue weighted by Gasteiger charge is -2.13. The maximum atomic E-state index is 13.0. The van der Waals surface area contributed by atoms with E-state index in [2.05, 4.69) is 0 Å². The third kappa shape index (κ3) is 2.14. The Kier molecular flexibility index (Phi) is 2.54. The lowest BCUT2D eigenvalue weighted by Crippen LogP contribution is -2.54. The van der Waals surface area contributed by atoms with E-state index in [1.807, 2.05) is 20.8 Å². The van der Waals surface area contributed by atoms with Gasteiger partial charge >= 0.3 is 12.0 Å². The number of rotatable bonds is 2. The number of alkyl halides is 2. The van der Waals surface area contributed by atoms with Gasteiger partial charge in [0.05, 0.1) is 0 Å². The Bertz CT molecular complexity index is 380. The molecule has 1 aromatic rings. The highest BCUT2D eigenvalue weighted by molar-refractivity contribution is 5.70. The van der Waals surface area contributed by atoms with E-state index in [1.165, 1.54) is 10.8 Å². The molecule has 0 aliphatic heterocycles. The molecular weight excluding hydrogens is 206 g/mol. The molecule has 0 atom stereocenters. The Morgan fingerprint density at radius 3 is 2.27 bits per heavy atom. The van der Waals surface area contributed by atoms with E-state index >= 15 is 0 Å². The summed E-state index contributed by atoms with van der Waals surface area (Å²) in [5.74, 6) is -2.17. The van der Waals surface area contributed by atoms with Gasteiger partial charge in [0, 0.05) is 0 Å². The van der Waals surface area contributed by atoms with Crippen LogP contribution in [0.5, 0.6) is 0 Å². The Morgan fingerprint density at radius 1 is 1.40 bits per heavy atom. The van der Waals surface area contributed by atoms with Crippen LogP contribution in [0, 0.1) is 0 Å². The van der Waals surface area contributed by atoms with Crippen molar-refractivity contribution in [2.45, 2.75) is 32.4 Å². The fourth-order valence-corrected chi connectivity index (χ4v) is 1.03. The number of aromatic nitrogens is 2. The first kappa shape index (κ1) is 11.6. The fraction of sp³-hybridized carbons (Fsp3) is 0.556. The standard InChI is InChI=1S/C9H12F2N2O2/c1-8(2,3)12-4-5-13(6-12)9(10,11)7(14)15/h4-6H,1-3H3/p+1. The van der Waals surface area contributed by atoms with Crippen LogP contribution < -0.4 is 4.57 Å². The molecule has 84 valence electrons. The van der Waals surface area contributed by atoms with Crippen molar-refractivity contribution < 1.29 is 23.2 Å². The molecule has 0 spiro atoms. The third-order valence-corrected chi connectivity index (χ3v) is 1.99. The Hall–Kier alpha value is -1.46. The first-order valence-corrected chi connectivity index (χ1v) is 4.37. The highest BCUT2D eigenvalue weighted by Gasteiger charge is 2.47. The van der Waals surface area contributed by atoms with Crippen molar-refractivity contribution in [3.05, 3.63) is 18.7 Å². The van der Waals surface area contributed by atoms with Crippen LogP contribution in [0.25, 0.3) is 0 Å². The van der Waals surface area contributed by atoms with Crippen LogP contribution in [0.4, 0.5) is 8.78 Å². The van der Waals surface area contributed by atoms with Gasteiger partial charge in [-0.2, -0.15) is 4.57 Å². The number of carboxylic acids is 1. The number of carboxylic acid groups (broad SMARTS) is 1. The van der Waals surface area contributed by atoms with Crippen LogP contribution in [0.15, 0.2) is 18.7 Å². The van der Waals surface area contributed by atoms with Gasteiger partial charge in [0.25, 0.3) is 0 Å². The monoisotopic (exact) mass is 219 g/mol. The Morgan fingerprint density at radius 2 is 1.93 bits per heavy atom. The predicted molar refractivity (Wildman–Crippen MR) is 47.4 cm³/mol. The van der Waals surface area contributed by atoms with E-state index in [0.717, 1.165) is 12.5 Å². The van der Waals surface area contributed by atoms with E-state index < -0.39 is 12.0 Å². The maximum Gasteiger partial charge on any atom is 0.499 e. The van der Waals surface area contributed by atoms with Crippen LogP contribution in [-0.2, 0) is 16.4 Å². The fourth-order valence-electron chi connectivity index (χ4n) is 1.03. The predicted octanol–water partition coefficient (Wildman–Crippen LogP) is 1.16. The van der Waals surface area contributed by atoms with Gasteiger partial charge in [0.2, 0.25) is 6.33 Å². The SMILES string of the molecule is CC(C)(C)n1cc[n+](C(F)(F)C(=O)O)c1. The first-order chi connectivity index (χ1) is 6.65. The number of nitrogens with zero attached hydrogens (tertiary/aromatic N) is 2. The third-order valence-electron chi connectivity index (χ3n) is 1.99. The zero-order chi connectivity index (χ0) is 11.9. The van der Waals surface area contributed by atoms with E-state index in [9.17, 15) is 13.6 Å². The first-order valence-electron chi connectivity index (χ1n) is 4.37. The molecule has 0 aromatic carbocycles. The highest BCUT2D eigenvalue weighted by Crippen LogP contribution is 2.16. The summed E-state index contributed by atoms with van der Waals surface area (Å²) in [4.78, 5) is 10.3. The molecule has 0 unspecified atom stereocenters. The van der Waals surface area contributed by atoms with Gasteiger partial charge in [-0.25, -0.2) is 9.36 Å². The molecule has 1 heterocycles. The number of imidazole rings is 1. The van der Waals surface area contributed by atoms with E-state index in [1.54, 1.807) is 0 Å². The molecule has 0 amide bonds. The lowest BCUT2D eigenvalue weighted by atomic mass is 10.1. The molecule has 0 fully saturated rings. The minimum atomic E-state index is -3.91. The second-order valence-electron chi connectivity index (χ2n) is 4.25.